The molecule has 0 bridgehead atoms. The number of aliphatic hydroxyl groups is 1. The Hall–Kier alpha value is -2.33. The molecule has 7 nitrogen and oxygen atoms in total. The summed E-state index contributed by atoms with van der Waals surface area (Å²) in [6, 6.07) is 13.7. The van der Waals surface area contributed by atoms with Gasteiger partial charge in [-0.25, -0.2) is 9.67 Å². The van der Waals surface area contributed by atoms with Crippen molar-refractivity contribution < 1.29 is 9.52 Å². The monoisotopic (exact) mass is 537 g/mol. The van der Waals surface area contributed by atoms with Crippen LogP contribution in [0.3, 0.4) is 0 Å². The van der Waals surface area contributed by atoms with Crippen LogP contribution in [0.15, 0.2) is 64.3 Å². The van der Waals surface area contributed by atoms with E-state index in [-0.39, 0.29) is 30.5 Å². The van der Waals surface area contributed by atoms with E-state index in [2.05, 4.69) is 39.1 Å². The van der Waals surface area contributed by atoms with Gasteiger partial charge in [0.15, 0.2) is 5.96 Å². The van der Waals surface area contributed by atoms with Crippen molar-refractivity contribution >= 4 is 29.9 Å². The van der Waals surface area contributed by atoms with Crippen LogP contribution < -0.4 is 10.6 Å². The molecule has 3 N–H and O–H groups in total. The standard InChI is InChI=1S/C23H31N5O2.HI/c1-4-24-22(26-17-23(3,29)21-13-9-15-30-21)25-14-8-10-19-16-28(27-18(19)2)20-11-6-5-7-12-20;/h5-7,9,11-13,15-16,29H,4,8,10,14,17H2,1-3H3,(H2,24,25,26);1H. The number of nitrogens with one attached hydrogen (secondary N) is 2. The highest BCUT2D eigenvalue weighted by molar-refractivity contribution is 14.0. The Morgan fingerprint density at radius 3 is 2.65 bits per heavy atom. The molecule has 0 saturated carbocycles. The zero-order valence-electron chi connectivity index (χ0n) is 18.3. The summed E-state index contributed by atoms with van der Waals surface area (Å²) in [4.78, 5) is 4.51. The molecule has 0 amide bonds. The number of benzene rings is 1. The van der Waals surface area contributed by atoms with E-state index in [0.29, 0.717) is 11.7 Å². The SMILES string of the molecule is CCNC(=NCC(C)(O)c1ccco1)NCCCc1cn(-c2ccccc2)nc1C.I. The Morgan fingerprint density at radius 2 is 1.97 bits per heavy atom. The van der Waals surface area contributed by atoms with Crippen LogP contribution in [-0.4, -0.2) is 40.5 Å². The molecule has 1 atom stereocenters. The van der Waals surface area contributed by atoms with Crippen LogP contribution in [0.25, 0.3) is 5.69 Å². The van der Waals surface area contributed by atoms with Crippen LogP contribution in [0.2, 0.25) is 0 Å². The van der Waals surface area contributed by atoms with E-state index >= 15 is 0 Å². The largest absolute Gasteiger partial charge is 0.466 e. The van der Waals surface area contributed by atoms with Crippen molar-refractivity contribution in [1.82, 2.24) is 20.4 Å². The number of hydrogen-bond acceptors (Lipinski definition) is 4. The maximum absolute atomic E-state index is 10.6. The van der Waals surface area contributed by atoms with E-state index in [1.54, 1.807) is 25.3 Å². The minimum atomic E-state index is -1.14. The van der Waals surface area contributed by atoms with Gasteiger partial charge in [-0.3, -0.25) is 0 Å². The summed E-state index contributed by atoms with van der Waals surface area (Å²) in [7, 11) is 0. The first-order chi connectivity index (χ1) is 14.5. The molecule has 0 spiro atoms. The normalized spacial score (nSPS) is 13.4. The Bertz CT molecular complexity index is 936. The van der Waals surface area contributed by atoms with Crippen LogP contribution >= 0.6 is 24.0 Å². The molecule has 0 saturated heterocycles. The third-order valence-corrected chi connectivity index (χ3v) is 4.88. The number of aliphatic imine (C=N–C) groups is 1. The molecule has 1 unspecified atom stereocenters. The molecular weight excluding hydrogens is 505 g/mol. The van der Waals surface area contributed by atoms with Gasteiger partial charge in [0, 0.05) is 19.3 Å². The van der Waals surface area contributed by atoms with E-state index in [1.165, 1.54) is 5.56 Å². The molecule has 2 aromatic heterocycles. The number of nitrogens with zero attached hydrogens (tertiary/aromatic N) is 3. The number of hydrogen-bond donors (Lipinski definition) is 3. The van der Waals surface area contributed by atoms with Gasteiger partial charge in [-0.15, -0.1) is 24.0 Å². The molecular formula is C23H32IN5O2. The third-order valence-electron chi connectivity index (χ3n) is 4.88. The second-order valence-electron chi connectivity index (χ2n) is 7.50. The summed E-state index contributed by atoms with van der Waals surface area (Å²) in [6.45, 7) is 7.49. The van der Waals surface area contributed by atoms with Crippen molar-refractivity contribution in [2.75, 3.05) is 19.6 Å². The van der Waals surface area contributed by atoms with Gasteiger partial charge >= 0.3 is 0 Å². The molecule has 0 aliphatic carbocycles. The average molecular weight is 537 g/mol. The van der Waals surface area contributed by atoms with Crippen molar-refractivity contribution in [2.45, 2.75) is 39.2 Å². The number of para-hydroxylation sites is 1. The highest BCUT2D eigenvalue weighted by Gasteiger charge is 2.26. The fourth-order valence-corrected chi connectivity index (χ4v) is 3.18. The lowest BCUT2D eigenvalue weighted by Gasteiger charge is -2.19. The Kier molecular flexibility index (Phi) is 9.57. The van der Waals surface area contributed by atoms with Crippen molar-refractivity contribution in [3.63, 3.8) is 0 Å². The summed E-state index contributed by atoms with van der Waals surface area (Å²) in [5.74, 6) is 1.19. The fourth-order valence-electron chi connectivity index (χ4n) is 3.18. The molecule has 0 radical (unpaired) electrons. The minimum absolute atomic E-state index is 0. The number of aromatic nitrogens is 2. The van der Waals surface area contributed by atoms with Gasteiger partial charge in [-0.2, -0.15) is 5.10 Å². The maximum atomic E-state index is 10.6. The lowest BCUT2D eigenvalue weighted by Crippen LogP contribution is -2.39. The zero-order chi connectivity index (χ0) is 21.4. The van der Waals surface area contributed by atoms with Crippen molar-refractivity contribution in [2.24, 2.45) is 4.99 Å². The molecule has 168 valence electrons. The molecule has 3 rings (SSSR count). The lowest BCUT2D eigenvalue weighted by molar-refractivity contribution is 0.0437. The highest BCUT2D eigenvalue weighted by atomic mass is 127. The summed E-state index contributed by atoms with van der Waals surface area (Å²) in [5.41, 5.74) is 2.21. The van der Waals surface area contributed by atoms with E-state index < -0.39 is 5.60 Å². The molecule has 2 heterocycles. The molecule has 0 fully saturated rings. The predicted octanol–water partition coefficient (Wildman–Crippen LogP) is 3.79. The quantitative estimate of drug-likeness (QED) is 0.167. The zero-order valence-corrected chi connectivity index (χ0v) is 20.7. The summed E-state index contributed by atoms with van der Waals surface area (Å²) in [5, 5.41) is 21.8. The molecule has 0 aliphatic rings. The second kappa shape index (κ2) is 11.9. The first-order valence-electron chi connectivity index (χ1n) is 10.4. The van der Waals surface area contributed by atoms with E-state index in [9.17, 15) is 5.11 Å². The first-order valence-corrected chi connectivity index (χ1v) is 10.4. The average Bonchev–Trinajstić information content (AvgIpc) is 3.41. The van der Waals surface area contributed by atoms with Gasteiger partial charge in [0.2, 0.25) is 0 Å². The van der Waals surface area contributed by atoms with Crippen LogP contribution in [0.4, 0.5) is 0 Å². The lowest BCUT2D eigenvalue weighted by atomic mass is 10.0. The van der Waals surface area contributed by atoms with Crippen molar-refractivity contribution in [3.05, 3.63) is 71.9 Å². The van der Waals surface area contributed by atoms with E-state index in [0.717, 1.165) is 37.3 Å². The van der Waals surface area contributed by atoms with E-state index in [1.807, 2.05) is 36.7 Å². The Balaban J connectivity index is 0.00000341. The van der Waals surface area contributed by atoms with Crippen LogP contribution in [0, 0.1) is 6.92 Å². The molecule has 8 heteroatoms. The Morgan fingerprint density at radius 1 is 1.19 bits per heavy atom. The third kappa shape index (κ3) is 7.10. The minimum Gasteiger partial charge on any atom is -0.466 e. The topological polar surface area (TPSA) is 87.6 Å². The molecule has 3 aromatic rings. The van der Waals surface area contributed by atoms with Crippen LogP contribution in [0.1, 0.15) is 37.3 Å². The fraction of sp³-hybridized carbons (Fsp3) is 0.391. The van der Waals surface area contributed by atoms with Gasteiger partial charge in [0.05, 0.1) is 24.2 Å². The molecule has 31 heavy (non-hydrogen) atoms. The summed E-state index contributed by atoms with van der Waals surface area (Å²) in [6.07, 6.45) is 5.53. The number of rotatable bonds is 9. The van der Waals surface area contributed by atoms with Gasteiger partial charge in [0.1, 0.15) is 11.4 Å². The maximum Gasteiger partial charge on any atom is 0.191 e. The molecule has 0 aliphatic heterocycles. The van der Waals surface area contributed by atoms with Crippen LogP contribution in [-0.2, 0) is 12.0 Å². The first kappa shape index (κ1) is 24.9. The van der Waals surface area contributed by atoms with E-state index in [4.69, 9.17) is 4.42 Å². The highest BCUT2D eigenvalue weighted by Crippen LogP contribution is 2.21. The number of aryl methyl sites for hydroxylation is 2. The Labute approximate surface area is 201 Å². The summed E-state index contributed by atoms with van der Waals surface area (Å²) < 4.78 is 7.25. The summed E-state index contributed by atoms with van der Waals surface area (Å²) >= 11 is 0. The van der Waals surface area contributed by atoms with Gasteiger partial charge in [-0.1, -0.05) is 18.2 Å². The van der Waals surface area contributed by atoms with Gasteiger partial charge in [-0.05, 0) is 63.4 Å². The van der Waals surface area contributed by atoms with Crippen molar-refractivity contribution in [1.29, 1.82) is 0 Å². The van der Waals surface area contributed by atoms with Crippen molar-refractivity contribution in [3.8, 4) is 5.69 Å². The number of halogens is 1. The predicted molar refractivity (Wildman–Crippen MR) is 134 cm³/mol. The van der Waals surface area contributed by atoms with Crippen LogP contribution in [0.5, 0.6) is 0 Å². The van der Waals surface area contributed by atoms with Gasteiger partial charge < -0.3 is 20.2 Å². The number of furan rings is 1. The second-order valence-corrected chi connectivity index (χ2v) is 7.50. The number of guanidine groups is 1. The smallest absolute Gasteiger partial charge is 0.191 e. The van der Waals surface area contributed by atoms with Gasteiger partial charge in [0.25, 0.3) is 0 Å². The molecule has 1 aromatic carbocycles.